The van der Waals surface area contributed by atoms with E-state index in [4.69, 9.17) is 0 Å². The van der Waals surface area contributed by atoms with Gasteiger partial charge in [0.15, 0.2) is 5.78 Å². The molecule has 0 N–H and O–H groups in total. The number of ketones is 2. The van der Waals surface area contributed by atoms with Gasteiger partial charge in [-0.25, -0.2) is 0 Å². The first-order valence-corrected chi connectivity index (χ1v) is 13.7. The fraction of sp³-hybridized carbons (Fsp3) is 0.733. The van der Waals surface area contributed by atoms with Crippen LogP contribution in [-0.2, 0) is 9.59 Å². The van der Waals surface area contributed by atoms with Gasteiger partial charge in [0.25, 0.3) is 0 Å². The van der Waals surface area contributed by atoms with E-state index in [0.29, 0.717) is 18.3 Å². The summed E-state index contributed by atoms with van der Waals surface area (Å²) in [5.41, 5.74) is 1.14. The van der Waals surface area contributed by atoms with Crippen molar-refractivity contribution in [1.82, 2.24) is 0 Å². The molecule has 3 atom stereocenters. The molecule has 0 bridgehead atoms. The van der Waals surface area contributed by atoms with Crippen molar-refractivity contribution < 1.29 is 9.59 Å². The van der Waals surface area contributed by atoms with Crippen LogP contribution in [0.2, 0.25) is 0 Å². The van der Waals surface area contributed by atoms with Crippen LogP contribution >= 0.6 is 0 Å². The van der Waals surface area contributed by atoms with Gasteiger partial charge >= 0.3 is 0 Å². The highest BCUT2D eigenvalue weighted by atomic mass is 16.2. The largest absolute Gasteiger partial charge is 0.299 e. The van der Waals surface area contributed by atoms with Crippen LogP contribution < -0.4 is 0 Å². The van der Waals surface area contributed by atoms with Crippen LogP contribution in [0.3, 0.4) is 0 Å². The highest BCUT2D eigenvalue weighted by molar-refractivity contribution is 6.05. The zero-order valence-corrected chi connectivity index (χ0v) is 20.7. The molecule has 32 heavy (non-hydrogen) atoms. The third kappa shape index (κ3) is 7.03. The summed E-state index contributed by atoms with van der Waals surface area (Å²) in [7, 11) is 0. The Kier molecular flexibility index (Phi) is 10.5. The van der Waals surface area contributed by atoms with Gasteiger partial charge in [0.2, 0.25) is 0 Å². The molecule has 0 aromatic heterocycles. The van der Waals surface area contributed by atoms with E-state index in [9.17, 15) is 9.59 Å². The summed E-state index contributed by atoms with van der Waals surface area (Å²) in [5, 5.41) is 0. The van der Waals surface area contributed by atoms with Crippen LogP contribution in [0.25, 0.3) is 0 Å². The first-order chi connectivity index (χ1) is 15.6. The van der Waals surface area contributed by atoms with Crippen LogP contribution in [0.15, 0.2) is 30.3 Å². The van der Waals surface area contributed by atoms with Gasteiger partial charge in [-0.2, -0.15) is 0 Å². The van der Waals surface area contributed by atoms with Crippen molar-refractivity contribution in [2.45, 2.75) is 116 Å². The van der Waals surface area contributed by atoms with Crippen molar-refractivity contribution in [1.29, 1.82) is 0 Å². The SMILES string of the molecule is CCCCCCCC1CCC(C(C(=O)C2CCC(CCC)CC2=O)c2ccccc2)CC1. The van der Waals surface area contributed by atoms with Crippen LogP contribution in [0.5, 0.6) is 0 Å². The van der Waals surface area contributed by atoms with Crippen molar-refractivity contribution in [3.63, 3.8) is 0 Å². The first-order valence-electron chi connectivity index (χ1n) is 13.7. The van der Waals surface area contributed by atoms with Crippen molar-refractivity contribution in [3.8, 4) is 0 Å². The maximum atomic E-state index is 13.8. The standard InChI is InChI=1S/C30H46O2/c1-3-5-6-7-9-13-23-16-19-26(20-17-23)29(25-14-10-8-11-15-25)30(32)27-21-18-24(12-4-2)22-28(27)31/h8,10-11,14-15,23-24,26-27,29H,3-7,9,12-13,16-22H2,1-2H3. The van der Waals surface area contributed by atoms with E-state index in [-0.39, 0.29) is 23.4 Å². The monoisotopic (exact) mass is 438 g/mol. The van der Waals surface area contributed by atoms with E-state index in [0.717, 1.165) is 50.0 Å². The fourth-order valence-electron chi connectivity index (χ4n) is 6.44. The summed E-state index contributed by atoms with van der Waals surface area (Å²) in [5.74, 6) is 1.76. The average Bonchev–Trinajstić information content (AvgIpc) is 2.81. The summed E-state index contributed by atoms with van der Waals surface area (Å²) in [6.45, 7) is 4.46. The number of hydrogen-bond donors (Lipinski definition) is 0. The number of hydrogen-bond acceptors (Lipinski definition) is 2. The minimum absolute atomic E-state index is 0.0848. The lowest BCUT2D eigenvalue weighted by Crippen LogP contribution is -2.37. The molecule has 2 aliphatic carbocycles. The number of carbonyl (C=O) groups excluding carboxylic acids is 2. The van der Waals surface area contributed by atoms with Gasteiger partial charge in [0, 0.05) is 12.3 Å². The fourth-order valence-corrected chi connectivity index (χ4v) is 6.44. The molecule has 2 heteroatoms. The second-order valence-corrected chi connectivity index (χ2v) is 10.7. The van der Waals surface area contributed by atoms with Crippen molar-refractivity contribution in [2.75, 3.05) is 0 Å². The maximum absolute atomic E-state index is 13.8. The molecule has 2 aliphatic rings. The number of unbranched alkanes of at least 4 members (excludes halogenated alkanes) is 4. The van der Waals surface area contributed by atoms with Gasteiger partial charge in [-0.05, 0) is 49.0 Å². The van der Waals surface area contributed by atoms with Crippen molar-refractivity contribution in [3.05, 3.63) is 35.9 Å². The first kappa shape index (κ1) is 25.2. The van der Waals surface area contributed by atoms with Crippen molar-refractivity contribution >= 4 is 11.6 Å². The smallest absolute Gasteiger partial charge is 0.151 e. The van der Waals surface area contributed by atoms with Crippen molar-refractivity contribution in [2.24, 2.45) is 23.7 Å². The molecule has 2 nitrogen and oxygen atoms in total. The highest BCUT2D eigenvalue weighted by Gasteiger charge is 2.40. The average molecular weight is 439 g/mol. The second kappa shape index (κ2) is 13.3. The summed E-state index contributed by atoms with van der Waals surface area (Å²) in [6.07, 6.45) is 17.7. The van der Waals surface area contributed by atoms with Crippen LogP contribution in [0.4, 0.5) is 0 Å². The molecule has 0 amide bonds. The number of benzene rings is 1. The zero-order chi connectivity index (χ0) is 22.8. The van der Waals surface area contributed by atoms with E-state index in [2.05, 4.69) is 38.1 Å². The summed E-state index contributed by atoms with van der Waals surface area (Å²) < 4.78 is 0. The molecule has 0 spiro atoms. The van der Waals surface area contributed by atoms with Gasteiger partial charge in [-0.3, -0.25) is 9.59 Å². The lowest BCUT2D eigenvalue weighted by atomic mass is 9.67. The summed E-state index contributed by atoms with van der Waals surface area (Å²) in [6, 6.07) is 10.4. The predicted octanol–water partition coefficient (Wildman–Crippen LogP) is 8.29. The summed E-state index contributed by atoms with van der Waals surface area (Å²) >= 11 is 0. The number of Topliss-reactive ketones (excluding diaryl/α,β-unsaturated/α-hetero) is 2. The Bertz CT molecular complexity index is 686. The van der Waals surface area contributed by atoms with Gasteiger partial charge in [-0.15, -0.1) is 0 Å². The van der Waals surface area contributed by atoms with Gasteiger partial charge in [0.1, 0.15) is 5.78 Å². The maximum Gasteiger partial charge on any atom is 0.151 e. The Labute approximate surface area is 197 Å². The Hall–Kier alpha value is -1.44. The Morgan fingerprint density at radius 3 is 2.16 bits per heavy atom. The Morgan fingerprint density at radius 2 is 1.50 bits per heavy atom. The lowest BCUT2D eigenvalue weighted by molar-refractivity contribution is -0.137. The topological polar surface area (TPSA) is 34.1 Å². The van der Waals surface area contributed by atoms with E-state index >= 15 is 0 Å². The molecule has 0 heterocycles. The Balaban J connectivity index is 1.61. The van der Waals surface area contributed by atoms with E-state index < -0.39 is 0 Å². The third-order valence-corrected chi connectivity index (χ3v) is 8.33. The van der Waals surface area contributed by atoms with E-state index in [1.54, 1.807) is 0 Å². The minimum Gasteiger partial charge on any atom is -0.299 e. The molecule has 3 unspecified atom stereocenters. The van der Waals surface area contributed by atoms with Gasteiger partial charge < -0.3 is 0 Å². The third-order valence-electron chi connectivity index (χ3n) is 8.33. The molecule has 2 saturated carbocycles. The number of carbonyl (C=O) groups is 2. The molecule has 0 aliphatic heterocycles. The molecule has 1 aromatic carbocycles. The van der Waals surface area contributed by atoms with Gasteiger partial charge in [-0.1, -0.05) is 108 Å². The molecule has 0 saturated heterocycles. The predicted molar refractivity (Wildman–Crippen MR) is 134 cm³/mol. The molecular weight excluding hydrogens is 392 g/mol. The molecule has 3 rings (SSSR count). The number of rotatable bonds is 12. The molecule has 2 fully saturated rings. The van der Waals surface area contributed by atoms with Crippen LogP contribution in [0, 0.1) is 23.7 Å². The van der Waals surface area contributed by atoms with Gasteiger partial charge in [0.05, 0.1) is 5.92 Å². The molecule has 178 valence electrons. The minimum atomic E-state index is -0.357. The molecular formula is C30H46O2. The highest BCUT2D eigenvalue weighted by Crippen LogP contribution is 2.43. The molecule has 1 aromatic rings. The van der Waals surface area contributed by atoms with Crippen LogP contribution in [-0.4, -0.2) is 11.6 Å². The zero-order valence-electron chi connectivity index (χ0n) is 20.7. The normalized spacial score (nSPS) is 27.2. The quantitative estimate of drug-likeness (QED) is 0.243. The van der Waals surface area contributed by atoms with E-state index in [1.165, 1.54) is 51.4 Å². The lowest BCUT2D eigenvalue weighted by Gasteiger charge is -2.36. The van der Waals surface area contributed by atoms with Crippen LogP contribution in [0.1, 0.15) is 122 Å². The van der Waals surface area contributed by atoms with E-state index in [1.807, 2.05) is 6.07 Å². The second-order valence-electron chi connectivity index (χ2n) is 10.7. The Morgan fingerprint density at radius 1 is 0.812 bits per heavy atom. The summed E-state index contributed by atoms with van der Waals surface area (Å²) in [4.78, 5) is 26.8. The molecule has 0 radical (unpaired) electrons.